The minimum absolute atomic E-state index is 0.0749. The van der Waals surface area contributed by atoms with Gasteiger partial charge in [0.05, 0.1) is 16.9 Å². The Morgan fingerprint density at radius 1 is 1.36 bits per heavy atom. The molecule has 0 unspecified atom stereocenters. The second-order valence-corrected chi connectivity index (χ2v) is 4.56. The summed E-state index contributed by atoms with van der Waals surface area (Å²) < 4.78 is 6.67. The van der Waals surface area contributed by atoms with E-state index in [1.807, 2.05) is 0 Å². The molecule has 0 aliphatic heterocycles. The van der Waals surface area contributed by atoms with Crippen molar-refractivity contribution in [2.45, 2.75) is 6.92 Å². The maximum Gasteiger partial charge on any atom is 0.271 e. The van der Waals surface area contributed by atoms with Gasteiger partial charge >= 0.3 is 0 Å². The van der Waals surface area contributed by atoms with Crippen LogP contribution in [0.2, 0.25) is 0 Å². The molecule has 0 aliphatic rings. The summed E-state index contributed by atoms with van der Waals surface area (Å²) in [6.45, 7) is 1.78. The summed E-state index contributed by atoms with van der Waals surface area (Å²) in [5.41, 5.74) is 1.58. The summed E-state index contributed by atoms with van der Waals surface area (Å²) in [5, 5.41) is 18.7. The highest BCUT2D eigenvalue weighted by Gasteiger charge is 2.20. The molecular formula is C14H10N4O4. The Bertz CT molecular complexity index is 852. The Hall–Kier alpha value is -3.29. The number of carbonyl (C=O) groups is 1. The van der Waals surface area contributed by atoms with E-state index in [0.717, 1.165) is 5.56 Å². The van der Waals surface area contributed by atoms with Gasteiger partial charge in [-0.05, 0) is 24.6 Å². The SMILES string of the molecule is Cc1ccc([N+](=O)[O-])cc1-n1nnc(C=O)c1-c1ccco1. The molecule has 2 aromatic heterocycles. The van der Waals surface area contributed by atoms with Crippen LogP contribution in [-0.2, 0) is 0 Å². The summed E-state index contributed by atoms with van der Waals surface area (Å²) >= 11 is 0. The van der Waals surface area contributed by atoms with E-state index in [1.54, 1.807) is 25.1 Å². The molecule has 0 atom stereocenters. The first-order chi connectivity index (χ1) is 10.6. The van der Waals surface area contributed by atoms with Crippen LogP contribution in [0, 0.1) is 17.0 Å². The van der Waals surface area contributed by atoms with Gasteiger partial charge < -0.3 is 4.42 Å². The zero-order valence-electron chi connectivity index (χ0n) is 11.5. The molecule has 3 rings (SSSR count). The monoisotopic (exact) mass is 298 g/mol. The van der Waals surface area contributed by atoms with Crippen LogP contribution in [0.1, 0.15) is 16.1 Å². The van der Waals surface area contributed by atoms with Crippen molar-refractivity contribution in [2.24, 2.45) is 0 Å². The largest absolute Gasteiger partial charge is 0.463 e. The highest BCUT2D eigenvalue weighted by atomic mass is 16.6. The van der Waals surface area contributed by atoms with Crippen LogP contribution in [0.3, 0.4) is 0 Å². The summed E-state index contributed by atoms with van der Waals surface area (Å²) in [6, 6.07) is 7.73. The van der Waals surface area contributed by atoms with E-state index in [-0.39, 0.29) is 11.4 Å². The highest BCUT2D eigenvalue weighted by molar-refractivity contribution is 5.82. The molecule has 3 aromatic rings. The van der Waals surface area contributed by atoms with Crippen molar-refractivity contribution in [1.82, 2.24) is 15.0 Å². The predicted octanol–water partition coefficient (Wildman–Crippen LogP) is 2.56. The molecule has 8 heteroatoms. The molecule has 0 N–H and O–H groups in total. The molecule has 22 heavy (non-hydrogen) atoms. The number of hydrogen-bond donors (Lipinski definition) is 0. The number of furan rings is 1. The van der Waals surface area contributed by atoms with Crippen molar-refractivity contribution in [3.63, 3.8) is 0 Å². The molecule has 0 bridgehead atoms. The first-order valence-corrected chi connectivity index (χ1v) is 6.32. The second kappa shape index (κ2) is 5.24. The Morgan fingerprint density at radius 2 is 2.18 bits per heavy atom. The highest BCUT2D eigenvalue weighted by Crippen LogP contribution is 2.28. The lowest BCUT2D eigenvalue weighted by atomic mass is 10.1. The Morgan fingerprint density at radius 3 is 2.82 bits per heavy atom. The van der Waals surface area contributed by atoms with Crippen LogP contribution in [0.4, 0.5) is 5.69 Å². The van der Waals surface area contributed by atoms with E-state index in [9.17, 15) is 14.9 Å². The van der Waals surface area contributed by atoms with Gasteiger partial charge in [0.1, 0.15) is 5.69 Å². The van der Waals surface area contributed by atoms with E-state index >= 15 is 0 Å². The third-order valence-electron chi connectivity index (χ3n) is 3.19. The van der Waals surface area contributed by atoms with E-state index in [2.05, 4.69) is 10.3 Å². The van der Waals surface area contributed by atoms with Crippen LogP contribution >= 0.6 is 0 Å². The first-order valence-electron chi connectivity index (χ1n) is 6.32. The number of rotatable bonds is 4. The number of hydrogen-bond acceptors (Lipinski definition) is 6. The molecule has 0 saturated heterocycles. The van der Waals surface area contributed by atoms with Gasteiger partial charge in [-0.3, -0.25) is 14.9 Å². The van der Waals surface area contributed by atoms with Gasteiger partial charge in [0.2, 0.25) is 0 Å². The molecular weight excluding hydrogens is 288 g/mol. The summed E-state index contributed by atoms with van der Waals surface area (Å²) in [5.74, 6) is 0.401. The van der Waals surface area contributed by atoms with Gasteiger partial charge in [-0.25, -0.2) is 4.68 Å². The maximum absolute atomic E-state index is 11.2. The zero-order chi connectivity index (χ0) is 15.7. The van der Waals surface area contributed by atoms with E-state index < -0.39 is 4.92 Å². The van der Waals surface area contributed by atoms with Crippen LogP contribution in [0.25, 0.3) is 17.1 Å². The molecule has 2 heterocycles. The van der Waals surface area contributed by atoms with Gasteiger partial charge in [-0.2, -0.15) is 0 Å². The quantitative estimate of drug-likeness (QED) is 0.416. The summed E-state index contributed by atoms with van der Waals surface area (Å²) in [7, 11) is 0. The lowest BCUT2D eigenvalue weighted by molar-refractivity contribution is -0.384. The minimum Gasteiger partial charge on any atom is -0.463 e. The van der Waals surface area contributed by atoms with Crippen molar-refractivity contribution < 1.29 is 14.1 Å². The fourth-order valence-corrected chi connectivity index (χ4v) is 2.12. The average molecular weight is 298 g/mol. The maximum atomic E-state index is 11.2. The van der Waals surface area contributed by atoms with Gasteiger partial charge in [0.25, 0.3) is 5.69 Å². The number of non-ortho nitro benzene ring substituents is 1. The Balaban J connectivity index is 2.26. The number of aryl methyl sites for hydroxylation is 1. The Kier molecular flexibility index (Phi) is 3.26. The predicted molar refractivity (Wildman–Crippen MR) is 75.8 cm³/mol. The normalized spacial score (nSPS) is 10.6. The molecule has 0 saturated carbocycles. The molecule has 0 aliphatic carbocycles. The van der Waals surface area contributed by atoms with Crippen LogP contribution in [-0.4, -0.2) is 26.2 Å². The van der Waals surface area contributed by atoms with Crippen molar-refractivity contribution in [2.75, 3.05) is 0 Å². The topological polar surface area (TPSA) is 104 Å². The molecule has 8 nitrogen and oxygen atoms in total. The molecule has 0 amide bonds. The fraction of sp³-hybridized carbons (Fsp3) is 0.0714. The molecule has 0 radical (unpaired) electrons. The lowest BCUT2D eigenvalue weighted by Gasteiger charge is -2.08. The number of nitro groups is 1. The van der Waals surface area contributed by atoms with Crippen LogP contribution in [0.15, 0.2) is 41.0 Å². The van der Waals surface area contributed by atoms with Gasteiger partial charge in [-0.15, -0.1) is 5.10 Å². The lowest BCUT2D eigenvalue weighted by Crippen LogP contribution is -2.03. The third kappa shape index (κ3) is 2.16. The van der Waals surface area contributed by atoms with Crippen molar-refractivity contribution in [1.29, 1.82) is 0 Å². The number of nitrogens with zero attached hydrogens (tertiary/aromatic N) is 4. The van der Waals surface area contributed by atoms with Crippen molar-refractivity contribution >= 4 is 12.0 Å². The zero-order valence-corrected chi connectivity index (χ0v) is 11.5. The second-order valence-electron chi connectivity index (χ2n) is 4.56. The van der Waals surface area contributed by atoms with E-state index in [0.29, 0.717) is 23.4 Å². The number of carbonyl (C=O) groups excluding carboxylic acids is 1. The Labute approximate surface area is 124 Å². The minimum atomic E-state index is -0.493. The van der Waals surface area contributed by atoms with E-state index in [1.165, 1.54) is 23.1 Å². The molecule has 0 fully saturated rings. The van der Waals surface area contributed by atoms with Crippen molar-refractivity contribution in [3.8, 4) is 17.1 Å². The van der Waals surface area contributed by atoms with E-state index in [4.69, 9.17) is 4.42 Å². The molecule has 110 valence electrons. The molecule has 1 aromatic carbocycles. The van der Waals surface area contributed by atoms with Gasteiger partial charge in [-0.1, -0.05) is 11.3 Å². The number of aldehydes is 1. The summed E-state index contributed by atoms with van der Waals surface area (Å²) in [6.07, 6.45) is 2.02. The number of aromatic nitrogens is 3. The number of nitro benzene ring substituents is 1. The average Bonchev–Trinajstić information content (AvgIpc) is 3.15. The van der Waals surface area contributed by atoms with Gasteiger partial charge in [0.15, 0.2) is 17.7 Å². The van der Waals surface area contributed by atoms with Crippen molar-refractivity contribution in [3.05, 3.63) is 58.0 Å². The first kappa shape index (κ1) is 13.7. The fourth-order valence-electron chi connectivity index (χ4n) is 2.12. The summed E-state index contributed by atoms with van der Waals surface area (Å²) in [4.78, 5) is 21.6. The number of benzene rings is 1. The molecule has 0 spiro atoms. The third-order valence-corrected chi connectivity index (χ3v) is 3.19. The standard InChI is InChI=1S/C14H10N4O4/c1-9-4-5-10(18(20)21)7-12(9)17-14(11(8-19)15-16-17)13-3-2-6-22-13/h2-8H,1H3. The van der Waals surface area contributed by atoms with Gasteiger partial charge in [0, 0.05) is 12.1 Å². The smallest absolute Gasteiger partial charge is 0.271 e. The van der Waals surface area contributed by atoms with Crippen LogP contribution < -0.4 is 0 Å². The van der Waals surface area contributed by atoms with Crippen LogP contribution in [0.5, 0.6) is 0 Å².